The fourth-order valence-electron chi connectivity index (χ4n) is 1.33. The first-order valence-corrected chi connectivity index (χ1v) is 7.04. The van der Waals surface area contributed by atoms with E-state index in [1.165, 1.54) is 16.2 Å². The van der Waals surface area contributed by atoms with Gasteiger partial charge in [-0.25, -0.2) is 0 Å². The van der Waals surface area contributed by atoms with E-state index >= 15 is 0 Å². The molecular formula is C14H18N2O3S. The minimum Gasteiger partial charge on any atom is -0.395 e. The number of amides is 2. The Kier molecular flexibility index (Phi) is 6.77. The van der Waals surface area contributed by atoms with Crippen LogP contribution in [0.2, 0.25) is 0 Å². The maximum atomic E-state index is 11.8. The monoisotopic (exact) mass is 294 g/mol. The first-order valence-electron chi connectivity index (χ1n) is 6.22. The van der Waals surface area contributed by atoms with E-state index in [4.69, 9.17) is 5.11 Å². The van der Waals surface area contributed by atoms with Crippen LogP contribution in [0.15, 0.2) is 12.1 Å². The van der Waals surface area contributed by atoms with Gasteiger partial charge in [-0.05, 0) is 12.1 Å². The van der Waals surface area contributed by atoms with Crippen molar-refractivity contribution in [1.29, 1.82) is 0 Å². The van der Waals surface area contributed by atoms with Gasteiger partial charge in [0.15, 0.2) is 0 Å². The molecule has 108 valence electrons. The zero-order chi connectivity index (χ0) is 15.0. The first-order chi connectivity index (χ1) is 9.54. The van der Waals surface area contributed by atoms with E-state index in [9.17, 15) is 9.59 Å². The van der Waals surface area contributed by atoms with E-state index < -0.39 is 0 Å². The molecule has 6 heteroatoms. The van der Waals surface area contributed by atoms with Gasteiger partial charge in [-0.15, -0.1) is 11.3 Å². The summed E-state index contributed by atoms with van der Waals surface area (Å²) in [4.78, 5) is 26.0. The molecule has 0 bridgehead atoms. The Balaban J connectivity index is 2.45. The highest BCUT2D eigenvalue weighted by molar-refractivity contribution is 7.14. The smallest absolute Gasteiger partial charge is 0.261 e. The Morgan fingerprint density at radius 2 is 2.15 bits per heavy atom. The molecule has 2 N–H and O–H groups in total. The summed E-state index contributed by atoms with van der Waals surface area (Å²) in [5.41, 5.74) is 0. The second kappa shape index (κ2) is 8.35. The van der Waals surface area contributed by atoms with Crippen LogP contribution in [0.25, 0.3) is 0 Å². The van der Waals surface area contributed by atoms with Crippen LogP contribution in [-0.2, 0) is 4.79 Å². The Labute approximate surface area is 122 Å². The van der Waals surface area contributed by atoms with E-state index in [0.717, 1.165) is 4.88 Å². The van der Waals surface area contributed by atoms with Crippen LogP contribution in [0, 0.1) is 11.8 Å². The maximum absolute atomic E-state index is 11.8. The molecule has 0 aromatic carbocycles. The second-order valence-corrected chi connectivity index (χ2v) is 5.32. The maximum Gasteiger partial charge on any atom is 0.261 e. The van der Waals surface area contributed by atoms with Crippen LogP contribution in [0.3, 0.4) is 0 Å². The molecular weight excluding hydrogens is 276 g/mol. The van der Waals surface area contributed by atoms with Gasteiger partial charge in [0.25, 0.3) is 5.91 Å². The highest BCUT2D eigenvalue weighted by Crippen LogP contribution is 2.15. The lowest BCUT2D eigenvalue weighted by molar-refractivity contribution is -0.128. The van der Waals surface area contributed by atoms with E-state index in [2.05, 4.69) is 17.2 Å². The van der Waals surface area contributed by atoms with Crippen LogP contribution >= 0.6 is 11.3 Å². The average molecular weight is 294 g/mol. The second-order valence-electron chi connectivity index (χ2n) is 4.23. The van der Waals surface area contributed by atoms with Crippen molar-refractivity contribution >= 4 is 23.2 Å². The lowest BCUT2D eigenvalue weighted by atomic mass is 10.3. The zero-order valence-corrected chi connectivity index (χ0v) is 12.4. The van der Waals surface area contributed by atoms with Gasteiger partial charge in [0, 0.05) is 33.5 Å². The fraction of sp³-hybridized carbons (Fsp3) is 0.429. The number of rotatable bonds is 5. The number of aliphatic hydroxyl groups is 1. The number of thiophene rings is 1. The van der Waals surface area contributed by atoms with E-state index in [-0.39, 0.29) is 24.8 Å². The molecule has 0 aliphatic carbocycles. The van der Waals surface area contributed by atoms with Crippen molar-refractivity contribution in [2.75, 3.05) is 27.2 Å². The van der Waals surface area contributed by atoms with Crippen LogP contribution in [-0.4, -0.2) is 49.1 Å². The highest BCUT2D eigenvalue weighted by atomic mass is 32.1. The molecule has 0 atom stereocenters. The standard InChI is InChI=1S/C14H18N2O3S/c1-16(2)13(18)8-9-15-14(19)12-7-6-11(20-12)5-3-4-10-17/h6-7,17H,4,8-10H2,1-2H3,(H,15,19). The molecule has 0 aliphatic rings. The summed E-state index contributed by atoms with van der Waals surface area (Å²) < 4.78 is 0. The number of hydrogen-bond donors (Lipinski definition) is 2. The number of nitrogens with one attached hydrogen (secondary N) is 1. The van der Waals surface area contributed by atoms with Crippen LogP contribution in [0.1, 0.15) is 27.4 Å². The van der Waals surface area contributed by atoms with Crippen molar-refractivity contribution in [2.45, 2.75) is 12.8 Å². The molecule has 0 unspecified atom stereocenters. The molecule has 1 heterocycles. The first kappa shape index (κ1) is 16.2. The van der Waals surface area contributed by atoms with Crippen molar-refractivity contribution in [3.05, 3.63) is 21.9 Å². The number of hydrogen-bond acceptors (Lipinski definition) is 4. The van der Waals surface area contributed by atoms with Crippen LogP contribution in [0.5, 0.6) is 0 Å². The summed E-state index contributed by atoms with van der Waals surface area (Å²) in [6.45, 7) is 0.352. The molecule has 5 nitrogen and oxygen atoms in total. The van der Waals surface area contributed by atoms with Crippen molar-refractivity contribution in [1.82, 2.24) is 10.2 Å². The molecule has 1 rings (SSSR count). The summed E-state index contributed by atoms with van der Waals surface area (Å²) in [5, 5.41) is 11.3. The molecule has 0 aliphatic heterocycles. The Bertz CT molecular complexity index is 526. The number of carbonyl (C=O) groups is 2. The highest BCUT2D eigenvalue weighted by Gasteiger charge is 2.09. The van der Waals surface area contributed by atoms with Gasteiger partial charge < -0.3 is 15.3 Å². The predicted octanol–water partition coefficient (Wildman–Crippen LogP) is 0.690. The Morgan fingerprint density at radius 1 is 1.40 bits per heavy atom. The van der Waals surface area contributed by atoms with Crippen molar-refractivity contribution in [3.8, 4) is 11.8 Å². The summed E-state index contributed by atoms with van der Waals surface area (Å²) in [7, 11) is 3.36. The molecule has 0 radical (unpaired) electrons. The number of nitrogens with zero attached hydrogens (tertiary/aromatic N) is 1. The fourth-order valence-corrected chi connectivity index (χ4v) is 2.12. The Hall–Kier alpha value is -1.84. The van der Waals surface area contributed by atoms with E-state index in [0.29, 0.717) is 17.8 Å². The summed E-state index contributed by atoms with van der Waals surface area (Å²) in [6.07, 6.45) is 0.708. The minimum atomic E-state index is -0.197. The van der Waals surface area contributed by atoms with Gasteiger partial charge in [0.2, 0.25) is 5.91 Å². The van der Waals surface area contributed by atoms with Crippen LogP contribution in [0.4, 0.5) is 0 Å². The summed E-state index contributed by atoms with van der Waals surface area (Å²) in [5.74, 6) is 5.46. The van der Waals surface area contributed by atoms with Gasteiger partial charge >= 0.3 is 0 Å². The largest absolute Gasteiger partial charge is 0.395 e. The van der Waals surface area contributed by atoms with Gasteiger partial charge in [0.1, 0.15) is 0 Å². The van der Waals surface area contributed by atoms with E-state index in [1.54, 1.807) is 26.2 Å². The van der Waals surface area contributed by atoms with Crippen LogP contribution < -0.4 is 5.32 Å². The third-order valence-corrected chi connectivity index (χ3v) is 3.40. The van der Waals surface area contributed by atoms with Crippen molar-refractivity contribution in [3.63, 3.8) is 0 Å². The molecule has 0 saturated heterocycles. The molecule has 0 fully saturated rings. The third kappa shape index (κ3) is 5.43. The van der Waals surface area contributed by atoms with Crippen molar-refractivity contribution < 1.29 is 14.7 Å². The van der Waals surface area contributed by atoms with Gasteiger partial charge in [-0.2, -0.15) is 0 Å². The quantitative estimate of drug-likeness (QED) is 0.785. The van der Waals surface area contributed by atoms with Crippen molar-refractivity contribution in [2.24, 2.45) is 0 Å². The topological polar surface area (TPSA) is 69.6 Å². The predicted molar refractivity (Wildman–Crippen MR) is 78.5 cm³/mol. The Morgan fingerprint density at radius 3 is 2.80 bits per heavy atom. The molecule has 1 aromatic heterocycles. The van der Waals surface area contributed by atoms with Gasteiger partial charge in [-0.1, -0.05) is 11.8 Å². The minimum absolute atomic E-state index is 0.0213. The molecule has 2 amide bonds. The van der Waals surface area contributed by atoms with Gasteiger partial charge in [0.05, 0.1) is 16.4 Å². The van der Waals surface area contributed by atoms with Gasteiger partial charge in [-0.3, -0.25) is 9.59 Å². The molecule has 1 aromatic rings. The van der Waals surface area contributed by atoms with E-state index in [1.807, 2.05) is 0 Å². The lowest BCUT2D eigenvalue weighted by Crippen LogP contribution is -2.29. The average Bonchev–Trinajstić information content (AvgIpc) is 2.87. The normalized spacial score (nSPS) is 9.55. The number of carbonyl (C=O) groups excluding carboxylic acids is 2. The third-order valence-electron chi connectivity index (χ3n) is 2.40. The zero-order valence-electron chi connectivity index (χ0n) is 11.6. The number of aliphatic hydroxyl groups excluding tert-OH is 1. The summed E-state index contributed by atoms with van der Waals surface area (Å²) in [6, 6.07) is 3.48. The SMILES string of the molecule is CN(C)C(=O)CCNC(=O)c1ccc(C#CCCO)s1. The lowest BCUT2D eigenvalue weighted by Gasteiger charge is -2.09. The summed E-state index contributed by atoms with van der Waals surface area (Å²) >= 11 is 1.29. The molecule has 0 saturated carbocycles. The molecule has 20 heavy (non-hydrogen) atoms. The molecule has 0 spiro atoms.